The van der Waals surface area contributed by atoms with Gasteiger partial charge in [0.1, 0.15) is 0 Å². The Hall–Kier alpha value is -3.25. The van der Waals surface area contributed by atoms with Gasteiger partial charge >= 0.3 is 0 Å². The molecular formula is C23H21N3O2S. The number of benzene rings is 2. The van der Waals surface area contributed by atoms with Crippen LogP contribution in [0.25, 0.3) is 11.5 Å². The summed E-state index contributed by atoms with van der Waals surface area (Å²) < 4.78 is 5.71. The second kappa shape index (κ2) is 9.30. The smallest absolute Gasteiger partial charge is 0.248 e. The number of thiophene rings is 1. The van der Waals surface area contributed by atoms with Gasteiger partial charge in [-0.25, -0.2) is 0 Å². The third-order valence-electron chi connectivity index (χ3n) is 4.62. The molecule has 29 heavy (non-hydrogen) atoms. The van der Waals surface area contributed by atoms with E-state index in [4.69, 9.17) is 4.42 Å². The van der Waals surface area contributed by atoms with Gasteiger partial charge in [0.15, 0.2) is 0 Å². The van der Waals surface area contributed by atoms with Crippen LogP contribution in [0.1, 0.15) is 17.9 Å². The highest BCUT2D eigenvalue weighted by Gasteiger charge is 2.17. The second-order valence-corrected chi connectivity index (χ2v) is 7.41. The predicted octanol–water partition coefficient (Wildman–Crippen LogP) is 5.01. The van der Waals surface area contributed by atoms with E-state index in [1.165, 1.54) is 5.56 Å². The average Bonchev–Trinajstić information content (AvgIpc) is 3.46. The fraction of sp³-hybridized carbons (Fsp3) is 0.174. The van der Waals surface area contributed by atoms with Crippen molar-refractivity contribution >= 4 is 22.9 Å². The van der Waals surface area contributed by atoms with E-state index in [-0.39, 0.29) is 5.91 Å². The molecule has 2 heterocycles. The number of para-hydroxylation sites is 1. The van der Waals surface area contributed by atoms with Crippen LogP contribution in [0.3, 0.4) is 0 Å². The fourth-order valence-electron chi connectivity index (χ4n) is 3.10. The lowest BCUT2D eigenvalue weighted by molar-refractivity contribution is -0.118. The van der Waals surface area contributed by atoms with Gasteiger partial charge in [0.2, 0.25) is 17.7 Å². The SMILES string of the molecule is O=C(CCc1nnc(-c2ccsc2)o1)N(CCc1ccccc1)c1ccccc1. The molecule has 4 rings (SSSR count). The molecule has 0 saturated carbocycles. The number of rotatable bonds is 8. The molecule has 5 nitrogen and oxygen atoms in total. The molecule has 0 saturated heterocycles. The van der Waals surface area contributed by atoms with Crippen LogP contribution in [0.4, 0.5) is 5.69 Å². The van der Waals surface area contributed by atoms with Crippen LogP contribution in [-0.4, -0.2) is 22.6 Å². The van der Waals surface area contributed by atoms with Gasteiger partial charge in [0.05, 0.1) is 0 Å². The standard InChI is InChI=1S/C23H21N3O2S/c27-22(12-11-21-24-25-23(28-21)19-14-16-29-17-19)26(20-9-5-2-6-10-20)15-13-18-7-3-1-4-8-18/h1-10,14,16-17H,11-13,15H2. The Morgan fingerprint density at radius 2 is 1.69 bits per heavy atom. The molecule has 2 aromatic heterocycles. The van der Waals surface area contributed by atoms with Gasteiger partial charge < -0.3 is 9.32 Å². The molecule has 4 aromatic rings. The lowest BCUT2D eigenvalue weighted by Crippen LogP contribution is -2.33. The molecule has 0 atom stereocenters. The number of carbonyl (C=O) groups excluding carboxylic acids is 1. The zero-order chi connectivity index (χ0) is 19.9. The van der Waals surface area contributed by atoms with E-state index in [2.05, 4.69) is 22.3 Å². The first kappa shape index (κ1) is 19.1. The van der Waals surface area contributed by atoms with Crippen molar-refractivity contribution in [3.05, 3.63) is 88.9 Å². The Kier molecular flexibility index (Phi) is 6.12. The third-order valence-corrected chi connectivity index (χ3v) is 5.31. The van der Waals surface area contributed by atoms with E-state index < -0.39 is 0 Å². The summed E-state index contributed by atoms with van der Waals surface area (Å²) in [6, 6.07) is 21.9. The monoisotopic (exact) mass is 403 g/mol. The van der Waals surface area contributed by atoms with Crippen LogP contribution in [0.2, 0.25) is 0 Å². The minimum atomic E-state index is 0.0439. The van der Waals surface area contributed by atoms with Gasteiger partial charge in [-0.2, -0.15) is 11.3 Å². The molecule has 0 unspecified atom stereocenters. The van der Waals surface area contributed by atoms with E-state index in [1.807, 2.05) is 70.3 Å². The molecule has 1 amide bonds. The van der Waals surface area contributed by atoms with Crippen molar-refractivity contribution in [1.29, 1.82) is 0 Å². The molecule has 0 aliphatic heterocycles. The van der Waals surface area contributed by atoms with Crippen molar-refractivity contribution in [3.8, 4) is 11.5 Å². The summed E-state index contributed by atoms with van der Waals surface area (Å²) in [5.41, 5.74) is 3.02. The van der Waals surface area contributed by atoms with Crippen LogP contribution in [0.5, 0.6) is 0 Å². The lowest BCUT2D eigenvalue weighted by atomic mass is 10.1. The normalized spacial score (nSPS) is 10.8. The van der Waals surface area contributed by atoms with Crippen molar-refractivity contribution in [3.63, 3.8) is 0 Å². The van der Waals surface area contributed by atoms with Crippen molar-refractivity contribution in [1.82, 2.24) is 10.2 Å². The maximum Gasteiger partial charge on any atom is 0.248 e. The summed E-state index contributed by atoms with van der Waals surface area (Å²) in [6.07, 6.45) is 1.53. The van der Waals surface area contributed by atoms with Gasteiger partial charge in [0.25, 0.3) is 0 Å². The Balaban J connectivity index is 1.42. The fourth-order valence-corrected chi connectivity index (χ4v) is 3.73. The van der Waals surface area contributed by atoms with Crippen molar-refractivity contribution in [2.45, 2.75) is 19.3 Å². The number of aryl methyl sites for hydroxylation is 1. The van der Waals surface area contributed by atoms with Crippen molar-refractivity contribution < 1.29 is 9.21 Å². The largest absolute Gasteiger partial charge is 0.421 e. The topological polar surface area (TPSA) is 59.2 Å². The maximum absolute atomic E-state index is 13.0. The van der Waals surface area contributed by atoms with Crippen molar-refractivity contribution in [2.75, 3.05) is 11.4 Å². The molecule has 2 aromatic carbocycles. The number of hydrogen-bond donors (Lipinski definition) is 0. The van der Waals surface area contributed by atoms with Crippen LogP contribution in [-0.2, 0) is 17.6 Å². The summed E-state index contributed by atoms with van der Waals surface area (Å²) in [5.74, 6) is 1.02. The summed E-state index contributed by atoms with van der Waals surface area (Å²) >= 11 is 1.58. The van der Waals surface area contributed by atoms with E-state index in [9.17, 15) is 4.79 Å². The highest BCUT2D eigenvalue weighted by atomic mass is 32.1. The van der Waals surface area contributed by atoms with E-state index in [0.717, 1.165) is 17.7 Å². The third kappa shape index (κ3) is 4.97. The second-order valence-electron chi connectivity index (χ2n) is 6.63. The van der Waals surface area contributed by atoms with Gasteiger partial charge in [-0.05, 0) is 35.6 Å². The number of hydrogen-bond acceptors (Lipinski definition) is 5. The summed E-state index contributed by atoms with van der Waals surface area (Å²) in [6.45, 7) is 0.622. The van der Waals surface area contributed by atoms with Gasteiger partial charge in [-0.15, -0.1) is 10.2 Å². The van der Waals surface area contributed by atoms with E-state index in [0.29, 0.717) is 31.2 Å². The molecule has 0 aliphatic carbocycles. The lowest BCUT2D eigenvalue weighted by Gasteiger charge is -2.23. The first-order valence-corrected chi connectivity index (χ1v) is 10.5. The molecule has 146 valence electrons. The average molecular weight is 404 g/mol. The van der Waals surface area contributed by atoms with Crippen LogP contribution in [0, 0.1) is 0 Å². The molecule has 0 radical (unpaired) electrons. The highest BCUT2D eigenvalue weighted by molar-refractivity contribution is 7.08. The Labute approximate surface area is 173 Å². The van der Waals surface area contributed by atoms with Crippen molar-refractivity contribution in [2.24, 2.45) is 0 Å². The Morgan fingerprint density at radius 1 is 0.931 bits per heavy atom. The number of anilines is 1. The number of nitrogens with zero attached hydrogens (tertiary/aromatic N) is 3. The van der Waals surface area contributed by atoms with E-state index >= 15 is 0 Å². The molecule has 0 spiro atoms. The van der Waals surface area contributed by atoms with Gasteiger partial charge in [-0.1, -0.05) is 48.5 Å². The Morgan fingerprint density at radius 3 is 2.41 bits per heavy atom. The Bertz CT molecular complexity index is 1030. The zero-order valence-electron chi connectivity index (χ0n) is 15.9. The first-order chi connectivity index (χ1) is 14.3. The van der Waals surface area contributed by atoms with Gasteiger partial charge in [-0.3, -0.25) is 4.79 Å². The van der Waals surface area contributed by atoms with Gasteiger partial charge in [0, 0.05) is 36.0 Å². The van der Waals surface area contributed by atoms with Crippen LogP contribution < -0.4 is 4.90 Å². The number of aromatic nitrogens is 2. The summed E-state index contributed by atoms with van der Waals surface area (Å²) in [7, 11) is 0. The minimum absolute atomic E-state index is 0.0439. The van der Waals surface area contributed by atoms with E-state index in [1.54, 1.807) is 11.3 Å². The highest BCUT2D eigenvalue weighted by Crippen LogP contribution is 2.21. The summed E-state index contributed by atoms with van der Waals surface area (Å²) in [5, 5.41) is 12.1. The molecule has 0 fully saturated rings. The molecule has 0 aliphatic rings. The first-order valence-electron chi connectivity index (χ1n) is 9.54. The molecular weight excluding hydrogens is 382 g/mol. The molecule has 0 bridgehead atoms. The molecule has 6 heteroatoms. The van der Waals surface area contributed by atoms with Crippen LogP contribution in [0.15, 0.2) is 81.9 Å². The maximum atomic E-state index is 13.0. The zero-order valence-corrected chi connectivity index (χ0v) is 16.7. The summed E-state index contributed by atoms with van der Waals surface area (Å²) in [4.78, 5) is 14.8. The number of amides is 1. The quantitative estimate of drug-likeness (QED) is 0.415. The van der Waals surface area contributed by atoms with Crippen LogP contribution >= 0.6 is 11.3 Å². The number of carbonyl (C=O) groups is 1. The minimum Gasteiger partial charge on any atom is -0.421 e. The molecule has 0 N–H and O–H groups in total. The predicted molar refractivity (Wildman–Crippen MR) is 115 cm³/mol.